The Hall–Kier alpha value is -2.47. The largest absolute Gasteiger partial charge is 0.378 e. The summed E-state index contributed by atoms with van der Waals surface area (Å²) in [4.78, 5) is 24.8. The summed E-state index contributed by atoms with van der Waals surface area (Å²) in [6.07, 6.45) is 3.03. The standard InChI is InChI=1S/C15H14N2O3S/c1-16(2)12-5-3-11(4-6-12)14(18)9-7-13-8-10-15(21-13)17(19)20/h3-10H,1-2H3. The third-order valence-electron chi connectivity index (χ3n) is 2.86. The van der Waals surface area contributed by atoms with Gasteiger partial charge in [0.1, 0.15) is 0 Å². The van der Waals surface area contributed by atoms with E-state index >= 15 is 0 Å². The first-order chi connectivity index (χ1) is 9.97. The quantitative estimate of drug-likeness (QED) is 0.366. The van der Waals surface area contributed by atoms with Crippen molar-refractivity contribution < 1.29 is 9.72 Å². The van der Waals surface area contributed by atoms with Crippen molar-refractivity contribution in [2.45, 2.75) is 0 Å². The molecule has 0 radical (unpaired) electrons. The number of thiophene rings is 1. The van der Waals surface area contributed by atoms with Crippen molar-refractivity contribution in [1.29, 1.82) is 0 Å². The molecule has 2 rings (SSSR count). The van der Waals surface area contributed by atoms with E-state index in [0.717, 1.165) is 17.0 Å². The van der Waals surface area contributed by atoms with E-state index in [9.17, 15) is 14.9 Å². The Kier molecular flexibility index (Phi) is 4.49. The Morgan fingerprint density at radius 3 is 2.38 bits per heavy atom. The molecule has 2 aromatic rings. The van der Waals surface area contributed by atoms with E-state index < -0.39 is 4.92 Å². The molecule has 0 fully saturated rings. The zero-order chi connectivity index (χ0) is 15.4. The molecular weight excluding hydrogens is 288 g/mol. The number of carbonyl (C=O) groups is 1. The Labute approximate surface area is 126 Å². The lowest BCUT2D eigenvalue weighted by Gasteiger charge is -2.11. The van der Waals surface area contributed by atoms with Crippen LogP contribution >= 0.6 is 11.3 Å². The SMILES string of the molecule is CN(C)c1ccc(C(=O)C=Cc2ccc([N+](=O)[O-])s2)cc1. The fraction of sp³-hybridized carbons (Fsp3) is 0.133. The third kappa shape index (κ3) is 3.76. The van der Waals surface area contributed by atoms with E-state index in [-0.39, 0.29) is 10.8 Å². The molecule has 6 heteroatoms. The van der Waals surface area contributed by atoms with Gasteiger partial charge in [0.2, 0.25) is 0 Å². The van der Waals surface area contributed by atoms with Crippen molar-refractivity contribution in [3.05, 3.63) is 63.0 Å². The Morgan fingerprint density at radius 1 is 1.19 bits per heavy atom. The van der Waals surface area contributed by atoms with E-state index in [4.69, 9.17) is 0 Å². The summed E-state index contributed by atoms with van der Waals surface area (Å²) in [6.45, 7) is 0. The van der Waals surface area contributed by atoms with Gasteiger partial charge in [-0.2, -0.15) is 0 Å². The fourth-order valence-corrected chi connectivity index (χ4v) is 2.43. The van der Waals surface area contributed by atoms with Crippen LogP contribution in [0.25, 0.3) is 6.08 Å². The van der Waals surface area contributed by atoms with Crippen LogP contribution in [0.5, 0.6) is 0 Å². The summed E-state index contributed by atoms with van der Waals surface area (Å²) >= 11 is 1.04. The molecule has 0 aliphatic heterocycles. The van der Waals surface area contributed by atoms with Crippen LogP contribution in [0, 0.1) is 10.1 Å². The van der Waals surface area contributed by atoms with Crippen LogP contribution < -0.4 is 4.90 Å². The van der Waals surface area contributed by atoms with Crippen molar-refractivity contribution in [3.63, 3.8) is 0 Å². The van der Waals surface area contributed by atoms with Crippen molar-refractivity contribution in [1.82, 2.24) is 0 Å². The maximum Gasteiger partial charge on any atom is 0.324 e. The minimum Gasteiger partial charge on any atom is -0.378 e. The van der Waals surface area contributed by atoms with Crippen molar-refractivity contribution in [2.75, 3.05) is 19.0 Å². The van der Waals surface area contributed by atoms with Crippen LogP contribution in [0.1, 0.15) is 15.2 Å². The summed E-state index contributed by atoms with van der Waals surface area (Å²) < 4.78 is 0. The number of allylic oxidation sites excluding steroid dienone is 1. The number of ketones is 1. The number of hydrogen-bond donors (Lipinski definition) is 0. The first-order valence-electron chi connectivity index (χ1n) is 6.21. The summed E-state index contributed by atoms with van der Waals surface area (Å²) in [7, 11) is 3.86. The number of nitrogens with zero attached hydrogens (tertiary/aromatic N) is 2. The Balaban J connectivity index is 2.09. The topological polar surface area (TPSA) is 63.5 Å². The lowest BCUT2D eigenvalue weighted by molar-refractivity contribution is -0.380. The second-order valence-corrected chi connectivity index (χ2v) is 5.67. The maximum absolute atomic E-state index is 12.0. The molecule has 108 valence electrons. The van der Waals surface area contributed by atoms with Crippen molar-refractivity contribution in [3.8, 4) is 0 Å². The molecule has 0 unspecified atom stereocenters. The lowest BCUT2D eigenvalue weighted by Crippen LogP contribution is -2.08. The number of anilines is 1. The van der Waals surface area contributed by atoms with Gasteiger partial charge in [-0.05, 0) is 42.5 Å². The molecule has 1 aromatic carbocycles. The van der Waals surface area contributed by atoms with Crippen LogP contribution in [-0.2, 0) is 0 Å². The molecule has 0 amide bonds. The van der Waals surface area contributed by atoms with Crippen LogP contribution in [-0.4, -0.2) is 24.8 Å². The molecule has 0 atom stereocenters. The van der Waals surface area contributed by atoms with Gasteiger partial charge >= 0.3 is 5.00 Å². The lowest BCUT2D eigenvalue weighted by atomic mass is 10.1. The maximum atomic E-state index is 12.0. The van der Waals surface area contributed by atoms with E-state index in [1.165, 1.54) is 12.1 Å². The molecule has 0 aliphatic carbocycles. The van der Waals surface area contributed by atoms with Crippen LogP contribution in [0.4, 0.5) is 10.7 Å². The molecule has 0 saturated carbocycles. The number of rotatable bonds is 5. The minimum absolute atomic E-state index is 0.0671. The number of benzene rings is 1. The summed E-state index contributed by atoms with van der Waals surface area (Å²) in [5.41, 5.74) is 1.60. The normalized spacial score (nSPS) is 10.8. The highest BCUT2D eigenvalue weighted by atomic mass is 32.1. The molecule has 1 heterocycles. The van der Waals surface area contributed by atoms with Gasteiger partial charge < -0.3 is 4.90 Å². The van der Waals surface area contributed by atoms with Gasteiger partial charge in [0.05, 0.1) is 4.92 Å². The minimum atomic E-state index is -0.441. The van der Waals surface area contributed by atoms with Crippen LogP contribution in [0.15, 0.2) is 42.5 Å². The molecule has 0 bridgehead atoms. The van der Waals surface area contributed by atoms with Crippen molar-refractivity contribution >= 4 is 33.9 Å². The average Bonchev–Trinajstić information content (AvgIpc) is 2.94. The van der Waals surface area contributed by atoms with Gasteiger partial charge in [-0.25, -0.2) is 0 Å². The summed E-state index contributed by atoms with van der Waals surface area (Å²) in [5.74, 6) is -0.128. The number of carbonyl (C=O) groups excluding carboxylic acids is 1. The van der Waals surface area contributed by atoms with E-state index in [1.54, 1.807) is 24.3 Å². The predicted molar refractivity (Wildman–Crippen MR) is 85.1 cm³/mol. The third-order valence-corrected chi connectivity index (χ3v) is 3.86. The van der Waals surface area contributed by atoms with Gasteiger partial charge in [0.25, 0.3) is 0 Å². The zero-order valence-corrected chi connectivity index (χ0v) is 12.5. The fourth-order valence-electron chi connectivity index (χ4n) is 1.71. The summed E-state index contributed by atoms with van der Waals surface area (Å²) in [5, 5.41) is 10.6. The first kappa shape index (κ1) is 14.9. The van der Waals surface area contributed by atoms with Crippen molar-refractivity contribution in [2.24, 2.45) is 0 Å². The highest BCUT2D eigenvalue weighted by molar-refractivity contribution is 7.16. The smallest absolute Gasteiger partial charge is 0.324 e. The zero-order valence-electron chi connectivity index (χ0n) is 11.6. The number of hydrogen-bond acceptors (Lipinski definition) is 5. The molecule has 0 saturated heterocycles. The van der Waals surface area contributed by atoms with Crippen LogP contribution in [0.2, 0.25) is 0 Å². The molecule has 21 heavy (non-hydrogen) atoms. The Bertz CT molecular complexity index is 687. The first-order valence-corrected chi connectivity index (χ1v) is 7.03. The Morgan fingerprint density at radius 2 is 1.86 bits per heavy atom. The van der Waals surface area contributed by atoms with Gasteiger partial charge in [-0.15, -0.1) is 0 Å². The second-order valence-electron chi connectivity index (χ2n) is 4.57. The average molecular weight is 302 g/mol. The molecule has 0 N–H and O–H groups in total. The van der Waals surface area contributed by atoms with Crippen LogP contribution in [0.3, 0.4) is 0 Å². The molecule has 1 aromatic heterocycles. The van der Waals surface area contributed by atoms with Gasteiger partial charge in [-0.3, -0.25) is 14.9 Å². The van der Waals surface area contributed by atoms with Gasteiger partial charge in [0, 0.05) is 36.3 Å². The molecule has 0 aliphatic rings. The highest BCUT2D eigenvalue weighted by Gasteiger charge is 2.08. The van der Waals surface area contributed by atoms with E-state index in [1.807, 2.05) is 31.1 Å². The summed E-state index contributed by atoms with van der Waals surface area (Å²) in [6, 6.07) is 10.3. The second kappa shape index (κ2) is 6.32. The monoisotopic (exact) mass is 302 g/mol. The van der Waals surface area contributed by atoms with Gasteiger partial charge in [-0.1, -0.05) is 11.3 Å². The molecule has 5 nitrogen and oxygen atoms in total. The van der Waals surface area contributed by atoms with E-state index in [2.05, 4.69) is 0 Å². The molecule has 0 spiro atoms. The molecular formula is C15H14N2O3S. The van der Waals surface area contributed by atoms with E-state index in [0.29, 0.717) is 10.4 Å². The number of nitro groups is 1. The highest BCUT2D eigenvalue weighted by Crippen LogP contribution is 2.25. The predicted octanol–water partition coefficient (Wildman–Crippen LogP) is 3.62. The van der Waals surface area contributed by atoms with Gasteiger partial charge in [0.15, 0.2) is 5.78 Å².